The number of nitro groups is 4. The zero-order chi connectivity index (χ0) is 66.6. The van der Waals surface area contributed by atoms with E-state index in [0.717, 1.165) is 50.6 Å². The van der Waals surface area contributed by atoms with Crippen molar-refractivity contribution in [1.82, 2.24) is 19.6 Å². The van der Waals surface area contributed by atoms with Gasteiger partial charge in [-0.05, 0) is 63.0 Å². The zero-order valence-corrected chi connectivity index (χ0v) is 53.7. The first-order valence-corrected chi connectivity index (χ1v) is 32.5. The van der Waals surface area contributed by atoms with E-state index in [1.165, 1.54) is 29.8 Å². The summed E-state index contributed by atoms with van der Waals surface area (Å²) in [4.78, 5) is 61.0. The molecule has 25 nitrogen and oxygen atoms in total. The normalized spacial score (nSPS) is 18.6. The molecular formula is C71H80N10O15. The number of benzene rings is 8. The van der Waals surface area contributed by atoms with Crippen molar-refractivity contribution in [2.75, 3.05) is 154 Å². The number of rotatable bonds is 10. The Hall–Kier alpha value is -9.44. The predicted octanol–water partition coefficient (Wildman–Crippen LogP) is 10.7. The molecule has 12 rings (SSSR count). The third-order valence-corrected chi connectivity index (χ3v) is 17.7. The minimum atomic E-state index is -0.655. The van der Waals surface area contributed by atoms with E-state index in [2.05, 4.69) is 74.2 Å². The summed E-state index contributed by atoms with van der Waals surface area (Å²) < 4.78 is 43.7. The van der Waals surface area contributed by atoms with Gasteiger partial charge in [-0.25, -0.2) is 0 Å². The summed E-state index contributed by atoms with van der Waals surface area (Å²) >= 11 is 0. The SMILES string of the molecule is O=[N+]([O-])c1ccc(N2CCN3CCN(Cc4c5ccccc5c(CN5CCOCCOCCOCCOCC5)c5ccccc45)Cc4ccccc4OCCN(CCOc4ccccc4C2)CCOc2ccccc2CN(c2ccc([N+](=O)[O-])cc2[N+](=O)[O-])CC3)c([N+](=O)[O-])c1. The standard InChI is InChI=1S/C71H80N10O15/c82-78(83)57-21-23-65(67(47-57)80(86)87)76-29-27-72-25-26-75(53-64-61-16-6-4-14-59(61)63(60-15-5-7-17-62(60)64)52-74-31-36-90-41-43-92-45-46-93-44-42-91-37-32-74)49-54-11-1-8-18-69(54)94-38-33-73(34-39-95-70-19-9-2-12-55(70)50-76)35-40-96-71-20-10-3-13-56(71)51-77(30-28-72)66-24-22-58(79(84)85)48-68(66)81(88)89/h1-24,47-48H,25-46,49-53H2. The van der Waals surface area contributed by atoms with Gasteiger partial charge in [0.15, 0.2) is 0 Å². The molecule has 0 unspecified atom stereocenters. The number of fused-ring (bicyclic) bond motifs is 17. The van der Waals surface area contributed by atoms with E-state index in [1.807, 2.05) is 76.5 Å². The number of anilines is 2. The van der Waals surface area contributed by atoms with Gasteiger partial charge >= 0.3 is 0 Å². The Morgan fingerprint density at radius 3 is 1.06 bits per heavy atom. The molecule has 0 atom stereocenters. The highest BCUT2D eigenvalue weighted by atomic mass is 16.6. The molecule has 4 aliphatic heterocycles. The third-order valence-electron chi connectivity index (χ3n) is 17.7. The van der Waals surface area contributed by atoms with E-state index in [1.54, 1.807) is 0 Å². The maximum atomic E-state index is 13.1. The molecule has 0 aliphatic carbocycles. The minimum Gasteiger partial charge on any atom is -0.492 e. The van der Waals surface area contributed by atoms with Crippen LogP contribution in [0.2, 0.25) is 0 Å². The van der Waals surface area contributed by atoms with E-state index < -0.39 is 42.4 Å². The molecule has 0 amide bonds. The number of nitro benzene ring substituents is 4. The van der Waals surface area contributed by atoms with Gasteiger partial charge in [-0.3, -0.25) is 60.1 Å². The molecule has 8 aromatic carbocycles. The van der Waals surface area contributed by atoms with Gasteiger partial charge in [-0.1, -0.05) is 103 Å². The molecular weight excluding hydrogens is 1230 g/mol. The maximum absolute atomic E-state index is 13.1. The van der Waals surface area contributed by atoms with Gasteiger partial charge in [0.2, 0.25) is 0 Å². The molecule has 2 bridgehead atoms. The highest BCUT2D eigenvalue weighted by Gasteiger charge is 2.29. The van der Waals surface area contributed by atoms with Crippen molar-refractivity contribution in [3.8, 4) is 17.2 Å². The molecule has 1 saturated heterocycles. The van der Waals surface area contributed by atoms with Crippen molar-refractivity contribution >= 4 is 55.7 Å². The van der Waals surface area contributed by atoms with Crippen LogP contribution in [-0.2, 0) is 51.7 Å². The molecule has 0 N–H and O–H groups in total. The second-order valence-corrected chi connectivity index (χ2v) is 23.8. The first kappa shape index (κ1) is 68.0. The van der Waals surface area contributed by atoms with Gasteiger partial charge < -0.3 is 43.0 Å². The Morgan fingerprint density at radius 1 is 0.323 bits per heavy atom. The lowest BCUT2D eigenvalue weighted by Crippen LogP contribution is -2.43. The van der Waals surface area contributed by atoms with E-state index >= 15 is 0 Å². The fourth-order valence-electron chi connectivity index (χ4n) is 12.7. The monoisotopic (exact) mass is 1310 g/mol. The molecule has 4 heterocycles. The Balaban J connectivity index is 1.03. The fraction of sp³-hybridized carbons (Fsp3) is 0.380. The maximum Gasteiger partial charge on any atom is 0.299 e. The summed E-state index contributed by atoms with van der Waals surface area (Å²) in [5, 5.41) is 55.0. The van der Waals surface area contributed by atoms with Gasteiger partial charge in [-0.2, -0.15) is 0 Å². The molecule has 96 heavy (non-hydrogen) atoms. The van der Waals surface area contributed by atoms with Gasteiger partial charge in [0, 0.05) is 134 Å². The average Bonchev–Trinajstić information content (AvgIpc) is 0.754. The Morgan fingerprint density at radius 2 is 0.667 bits per heavy atom. The van der Waals surface area contributed by atoms with Crippen LogP contribution in [-0.4, -0.2) is 184 Å². The summed E-state index contributed by atoms with van der Waals surface area (Å²) in [7, 11) is 0. The fourth-order valence-corrected chi connectivity index (χ4v) is 12.7. The van der Waals surface area contributed by atoms with Crippen LogP contribution in [0.25, 0.3) is 21.5 Å². The van der Waals surface area contributed by atoms with E-state index in [0.29, 0.717) is 148 Å². The van der Waals surface area contributed by atoms with Gasteiger partial charge in [-0.15, -0.1) is 0 Å². The van der Waals surface area contributed by atoms with Crippen molar-refractivity contribution < 1.29 is 52.9 Å². The lowest BCUT2D eigenvalue weighted by Gasteiger charge is -2.34. The van der Waals surface area contributed by atoms with Crippen LogP contribution in [0, 0.1) is 40.5 Å². The lowest BCUT2D eigenvalue weighted by molar-refractivity contribution is -0.394. The van der Waals surface area contributed by atoms with Crippen molar-refractivity contribution in [3.05, 3.63) is 226 Å². The molecule has 0 aromatic heterocycles. The Bertz CT molecular complexity index is 3760. The van der Waals surface area contributed by atoms with Crippen molar-refractivity contribution in [3.63, 3.8) is 0 Å². The van der Waals surface area contributed by atoms with Crippen molar-refractivity contribution in [1.29, 1.82) is 0 Å². The summed E-state index contributed by atoms with van der Waals surface area (Å²) in [5.41, 5.74) is 3.25. The highest BCUT2D eigenvalue weighted by molar-refractivity contribution is 6.05. The zero-order valence-electron chi connectivity index (χ0n) is 53.7. The van der Waals surface area contributed by atoms with Gasteiger partial charge in [0.05, 0.1) is 84.7 Å². The van der Waals surface area contributed by atoms with Gasteiger partial charge in [0.1, 0.15) is 48.4 Å². The van der Waals surface area contributed by atoms with Crippen LogP contribution in [0.1, 0.15) is 27.8 Å². The predicted molar refractivity (Wildman–Crippen MR) is 364 cm³/mol. The summed E-state index contributed by atoms with van der Waals surface area (Å²) in [6, 6.07) is 47.5. The molecule has 0 saturated carbocycles. The largest absolute Gasteiger partial charge is 0.492 e. The van der Waals surface area contributed by atoms with Gasteiger partial charge in [0.25, 0.3) is 22.7 Å². The minimum absolute atomic E-state index is 0.106. The molecule has 0 spiro atoms. The second kappa shape index (κ2) is 33.8. The van der Waals surface area contributed by atoms with Crippen LogP contribution >= 0.6 is 0 Å². The van der Waals surface area contributed by atoms with E-state index in [4.69, 9.17) is 33.2 Å². The Kier molecular flexibility index (Phi) is 23.9. The molecule has 8 aromatic rings. The van der Waals surface area contributed by atoms with E-state index in [9.17, 15) is 40.5 Å². The molecule has 1 fully saturated rings. The molecule has 504 valence electrons. The number of non-ortho nitro benzene ring substituents is 2. The van der Waals surface area contributed by atoms with Crippen LogP contribution in [0.3, 0.4) is 0 Å². The number of hydrogen-bond donors (Lipinski definition) is 0. The second-order valence-electron chi connectivity index (χ2n) is 23.8. The third kappa shape index (κ3) is 17.9. The molecule has 25 heteroatoms. The quantitative estimate of drug-likeness (QED) is 0.0700. The topological polar surface area (TPSA) is 257 Å². The Labute approximate surface area is 556 Å². The smallest absolute Gasteiger partial charge is 0.299 e. The van der Waals surface area contributed by atoms with Crippen molar-refractivity contribution in [2.45, 2.75) is 32.7 Å². The first-order valence-electron chi connectivity index (χ1n) is 32.5. The summed E-state index contributed by atoms with van der Waals surface area (Å²) in [6.07, 6.45) is 0. The average molecular weight is 1310 g/mol. The summed E-state index contributed by atoms with van der Waals surface area (Å²) in [6.45, 7) is 10.8. The molecule has 4 aliphatic rings. The van der Waals surface area contributed by atoms with Crippen LogP contribution < -0.4 is 24.0 Å². The molecule has 0 radical (unpaired) electrons. The van der Waals surface area contributed by atoms with Crippen LogP contribution in [0.4, 0.5) is 34.1 Å². The summed E-state index contributed by atoms with van der Waals surface area (Å²) in [5.74, 6) is 1.83. The lowest BCUT2D eigenvalue weighted by atomic mass is 9.91. The first-order chi connectivity index (χ1) is 46.9. The highest BCUT2D eigenvalue weighted by Crippen LogP contribution is 2.39. The van der Waals surface area contributed by atoms with Crippen molar-refractivity contribution in [2.24, 2.45) is 0 Å². The number of para-hydroxylation sites is 3. The van der Waals surface area contributed by atoms with E-state index in [-0.39, 0.29) is 63.9 Å². The van der Waals surface area contributed by atoms with Crippen LogP contribution in [0.15, 0.2) is 158 Å². The number of hydrogen-bond acceptors (Lipinski definition) is 21. The number of nitrogens with zero attached hydrogens (tertiary/aromatic N) is 10. The number of ether oxygens (including phenoxy) is 7. The van der Waals surface area contributed by atoms with Crippen LogP contribution in [0.5, 0.6) is 17.2 Å².